The number of rotatable bonds is 6. The lowest BCUT2D eigenvalue weighted by Crippen LogP contribution is -2.47. The molecular weight excluding hydrogens is 424 g/mol. The summed E-state index contributed by atoms with van der Waals surface area (Å²) in [6, 6.07) is 12.7. The molecule has 2 N–H and O–H groups in total. The topological polar surface area (TPSA) is 90.5 Å². The SMILES string of the molecule is CN1CCCC(N(C)C(=O)c2ccc(NC(=O)c3csc(Nc4ccccn4)n3)cc2)C1. The van der Waals surface area contributed by atoms with Gasteiger partial charge in [0.15, 0.2) is 5.13 Å². The number of aromatic nitrogens is 2. The van der Waals surface area contributed by atoms with Gasteiger partial charge in [-0.25, -0.2) is 9.97 Å². The van der Waals surface area contributed by atoms with Crippen molar-refractivity contribution in [2.45, 2.75) is 18.9 Å². The van der Waals surface area contributed by atoms with Crippen molar-refractivity contribution in [3.8, 4) is 0 Å². The molecule has 3 aromatic rings. The summed E-state index contributed by atoms with van der Waals surface area (Å²) in [5.74, 6) is 0.351. The number of piperidine rings is 1. The van der Waals surface area contributed by atoms with E-state index in [-0.39, 0.29) is 17.9 Å². The zero-order valence-corrected chi connectivity index (χ0v) is 18.9. The van der Waals surface area contributed by atoms with E-state index in [9.17, 15) is 9.59 Å². The molecule has 1 fully saturated rings. The molecule has 1 aromatic carbocycles. The smallest absolute Gasteiger partial charge is 0.275 e. The number of anilines is 3. The molecule has 166 valence electrons. The first kappa shape index (κ1) is 21.9. The van der Waals surface area contributed by atoms with Gasteiger partial charge in [-0.05, 0) is 62.8 Å². The van der Waals surface area contributed by atoms with Gasteiger partial charge in [-0.2, -0.15) is 0 Å². The van der Waals surface area contributed by atoms with Gasteiger partial charge >= 0.3 is 0 Å². The maximum absolute atomic E-state index is 12.9. The van der Waals surface area contributed by atoms with Crippen LogP contribution in [0.15, 0.2) is 54.0 Å². The van der Waals surface area contributed by atoms with Gasteiger partial charge in [0.25, 0.3) is 11.8 Å². The summed E-state index contributed by atoms with van der Waals surface area (Å²) in [4.78, 5) is 38.0. The summed E-state index contributed by atoms with van der Waals surface area (Å²) >= 11 is 1.33. The first-order valence-electron chi connectivity index (χ1n) is 10.5. The van der Waals surface area contributed by atoms with E-state index >= 15 is 0 Å². The van der Waals surface area contributed by atoms with Gasteiger partial charge < -0.3 is 20.4 Å². The highest BCUT2D eigenvalue weighted by atomic mass is 32.1. The highest BCUT2D eigenvalue weighted by molar-refractivity contribution is 7.14. The maximum atomic E-state index is 12.9. The molecule has 9 heteroatoms. The summed E-state index contributed by atoms with van der Waals surface area (Å²) in [5, 5.41) is 8.18. The second-order valence-electron chi connectivity index (χ2n) is 7.88. The quantitative estimate of drug-likeness (QED) is 0.595. The lowest BCUT2D eigenvalue weighted by Gasteiger charge is -2.35. The number of pyridine rings is 1. The Morgan fingerprint density at radius 3 is 2.72 bits per heavy atom. The van der Waals surface area contributed by atoms with E-state index in [1.807, 2.05) is 30.1 Å². The second kappa shape index (κ2) is 9.88. The fourth-order valence-electron chi connectivity index (χ4n) is 3.70. The molecule has 4 rings (SSSR count). The van der Waals surface area contributed by atoms with Crippen molar-refractivity contribution in [2.75, 3.05) is 37.8 Å². The minimum atomic E-state index is -0.309. The fraction of sp³-hybridized carbons (Fsp3) is 0.304. The molecule has 1 aliphatic rings. The largest absolute Gasteiger partial charge is 0.337 e. The highest BCUT2D eigenvalue weighted by Crippen LogP contribution is 2.21. The number of thiazole rings is 1. The Kier molecular flexibility index (Phi) is 6.77. The molecule has 1 unspecified atom stereocenters. The second-order valence-corrected chi connectivity index (χ2v) is 8.74. The first-order chi connectivity index (χ1) is 15.5. The van der Waals surface area contributed by atoms with Gasteiger partial charge in [-0.3, -0.25) is 9.59 Å². The number of benzene rings is 1. The zero-order valence-electron chi connectivity index (χ0n) is 18.1. The molecule has 2 aromatic heterocycles. The third-order valence-electron chi connectivity index (χ3n) is 5.49. The molecule has 0 aliphatic carbocycles. The number of nitrogens with one attached hydrogen (secondary N) is 2. The normalized spacial score (nSPS) is 16.4. The summed E-state index contributed by atoms with van der Waals surface area (Å²) in [5.41, 5.74) is 1.53. The van der Waals surface area contributed by atoms with Gasteiger partial charge in [0, 0.05) is 42.5 Å². The lowest BCUT2D eigenvalue weighted by atomic mass is 10.0. The average Bonchev–Trinajstić information content (AvgIpc) is 3.28. The predicted octanol–water partition coefficient (Wildman–Crippen LogP) is 3.70. The average molecular weight is 451 g/mol. The van der Waals surface area contributed by atoms with E-state index < -0.39 is 0 Å². The molecule has 3 heterocycles. The predicted molar refractivity (Wildman–Crippen MR) is 127 cm³/mol. The monoisotopic (exact) mass is 450 g/mol. The number of nitrogens with zero attached hydrogens (tertiary/aromatic N) is 4. The van der Waals surface area contributed by atoms with Crippen molar-refractivity contribution >= 4 is 39.8 Å². The summed E-state index contributed by atoms with van der Waals surface area (Å²) in [6.45, 7) is 1.97. The molecule has 0 saturated carbocycles. The number of carbonyl (C=O) groups is 2. The molecule has 2 amide bonds. The Labute approximate surface area is 191 Å². The number of hydrogen-bond acceptors (Lipinski definition) is 7. The molecule has 0 radical (unpaired) electrons. The van der Waals surface area contributed by atoms with Crippen LogP contribution in [0, 0.1) is 0 Å². The van der Waals surface area contributed by atoms with Gasteiger partial charge in [-0.15, -0.1) is 11.3 Å². The van der Waals surface area contributed by atoms with Crippen LogP contribution in [0.2, 0.25) is 0 Å². The van der Waals surface area contributed by atoms with Crippen LogP contribution in [0.5, 0.6) is 0 Å². The van der Waals surface area contributed by atoms with Crippen molar-refractivity contribution in [3.63, 3.8) is 0 Å². The number of carbonyl (C=O) groups excluding carboxylic acids is 2. The van der Waals surface area contributed by atoms with E-state index in [0.717, 1.165) is 25.9 Å². The zero-order chi connectivity index (χ0) is 22.5. The van der Waals surface area contributed by atoms with Crippen LogP contribution in [0.1, 0.15) is 33.7 Å². The van der Waals surface area contributed by atoms with Crippen molar-refractivity contribution < 1.29 is 9.59 Å². The van der Waals surface area contributed by atoms with Gasteiger partial charge in [0.2, 0.25) is 0 Å². The lowest BCUT2D eigenvalue weighted by molar-refractivity contribution is 0.0644. The van der Waals surface area contributed by atoms with E-state index in [2.05, 4.69) is 32.5 Å². The number of likely N-dealkylation sites (tertiary alicyclic amines) is 1. The van der Waals surface area contributed by atoms with Crippen LogP contribution in [0.25, 0.3) is 0 Å². The molecule has 1 saturated heterocycles. The van der Waals surface area contributed by atoms with Crippen LogP contribution in [-0.4, -0.2) is 64.8 Å². The highest BCUT2D eigenvalue weighted by Gasteiger charge is 2.25. The van der Waals surface area contributed by atoms with Gasteiger partial charge in [0.05, 0.1) is 0 Å². The van der Waals surface area contributed by atoms with E-state index in [1.54, 1.807) is 35.8 Å². The molecule has 8 nitrogen and oxygen atoms in total. The van der Waals surface area contributed by atoms with E-state index in [4.69, 9.17) is 0 Å². The molecule has 0 bridgehead atoms. The molecule has 32 heavy (non-hydrogen) atoms. The van der Waals surface area contributed by atoms with E-state index in [1.165, 1.54) is 11.3 Å². The maximum Gasteiger partial charge on any atom is 0.275 e. The standard InChI is InChI=1S/C23H26N6O2S/c1-28-13-5-6-18(14-28)29(2)22(31)16-8-10-17(11-9-16)25-21(30)19-15-32-23(26-19)27-20-7-3-4-12-24-20/h3-4,7-12,15,18H,5-6,13-14H2,1-2H3,(H,25,30)(H,24,26,27). The number of hydrogen-bond donors (Lipinski definition) is 2. The third-order valence-corrected chi connectivity index (χ3v) is 6.25. The summed E-state index contributed by atoms with van der Waals surface area (Å²) in [7, 11) is 3.95. The van der Waals surface area contributed by atoms with Gasteiger partial charge in [0.1, 0.15) is 11.5 Å². The van der Waals surface area contributed by atoms with Crippen molar-refractivity contribution in [3.05, 3.63) is 65.3 Å². The van der Waals surface area contributed by atoms with Crippen molar-refractivity contribution in [1.29, 1.82) is 0 Å². The molecule has 1 aliphatic heterocycles. The molecule has 1 atom stereocenters. The van der Waals surface area contributed by atoms with Crippen molar-refractivity contribution in [1.82, 2.24) is 19.8 Å². The minimum Gasteiger partial charge on any atom is -0.337 e. The Bertz CT molecular complexity index is 1070. The van der Waals surface area contributed by atoms with E-state index in [0.29, 0.717) is 27.9 Å². The summed E-state index contributed by atoms with van der Waals surface area (Å²) < 4.78 is 0. The first-order valence-corrected chi connectivity index (χ1v) is 11.4. The number of likely N-dealkylation sites (N-methyl/N-ethyl adjacent to an activating group) is 2. The Morgan fingerprint density at radius 2 is 2.00 bits per heavy atom. The molecular formula is C23H26N6O2S. The van der Waals surface area contributed by atoms with Crippen LogP contribution in [0.4, 0.5) is 16.6 Å². The van der Waals surface area contributed by atoms with Crippen LogP contribution >= 0.6 is 11.3 Å². The Balaban J connectivity index is 1.35. The summed E-state index contributed by atoms with van der Waals surface area (Å²) in [6.07, 6.45) is 3.80. The van der Waals surface area contributed by atoms with Crippen LogP contribution in [-0.2, 0) is 0 Å². The van der Waals surface area contributed by atoms with Gasteiger partial charge in [-0.1, -0.05) is 6.07 Å². The third kappa shape index (κ3) is 5.30. The molecule has 0 spiro atoms. The minimum absolute atomic E-state index is 0.00656. The van der Waals surface area contributed by atoms with Crippen molar-refractivity contribution in [2.24, 2.45) is 0 Å². The Morgan fingerprint density at radius 1 is 1.19 bits per heavy atom. The Hall–Kier alpha value is -3.30. The fourth-order valence-corrected chi connectivity index (χ4v) is 4.40. The number of amides is 2. The van der Waals surface area contributed by atoms with Crippen LogP contribution in [0.3, 0.4) is 0 Å². The van der Waals surface area contributed by atoms with Crippen LogP contribution < -0.4 is 10.6 Å².